The molecule has 0 aliphatic carbocycles. The third-order valence-corrected chi connectivity index (χ3v) is 5.19. The zero-order valence-electron chi connectivity index (χ0n) is 17.8. The third kappa shape index (κ3) is 23.6. The minimum absolute atomic E-state index is 1.13. The van der Waals surface area contributed by atoms with Gasteiger partial charge in [0.25, 0.3) is 0 Å². The van der Waals surface area contributed by atoms with E-state index in [1.54, 1.807) is 0 Å². The fraction of sp³-hybridized carbons (Fsp3) is 0.920. The van der Waals surface area contributed by atoms with E-state index in [9.17, 15) is 0 Å². The Morgan fingerprint density at radius 1 is 0.320 bits per heavy atom. The van der Waals surface area contributed by atoms with E-state index in [1.165, 1.54) is 122 Å². The van der Waals surface area contributed by atoms with Crippen LogP contribution in [0.4, 0.5) is 0 Å². The molecule has 0 fully saturated rings. The van der Waals surface area contributed by atoms with Crippen LogP contribution in [0.3, 0.4) is 0 Å². The summed E-state index contributed by atoms with van der Waals surface area (Å²) in [6.07, 6.45) is 29.2. The molecule has 0 amide bonds. The lowest BCUT2D eigenvalue weighted by Crippen LogP contribution is -1.82. The second-order valence-corrected chi connectivity index (χ2v) is 7.86. The van der Waals surface area contributed by atoms with E-state index in [4.69, 9.17) is 0 Å². The Kier molecular flexibility index (Phi) is 23.1. The molecular formula is C25H48. The molecule has 0 spiro atoms. The van der Waals surface area contributed by atoms with E-state index in [0.29, 0.717) is 0 Å². The standard InChI is InChI=1S/C25H48/c1-3-5-7-9-11-13-15-17-19-21-23-25-24-22-20-18-16-14-12-10-8-6-4-2/h3-21,23,25H2,1-2H3. The van der Waals surface area contributed by atoms with E-state index < -0.39 is 0 Å². The fourth-order valence-corrected chi connectivity index (χ4v) is 3.40. The molecule has 0 rings (SSSR count). The smallest absolute Gasteiger partial charge is 0.00886 e. The third-order valence-electron chi connectivity index (χ3n) is 5.19. The SMILES string of the molecule is CCCCCCCCCCC#CCCCCCCCCCCCCC. The molecule has 25 heavy (non-hydrogen) atoms. The largest absolute Gasteiger partial charge is 0.103 e. The van der Waals surface area contributed by atoms with Crippen LogP contribution in [0.1, 0.15) is 149 Å². The summed E-state index contributed by atoms with van der Waals surface area (Å²) >= 11 is 0. The van der Waals surface area contributed by atoms with Crippen LogP contribution >= 0.6 is 0 Å². The second kappa shape index (κ2) is 23.6. The van der Waals surface area contributed by atoms with Crippen LogP contribution in [0.25, 0.3) is 0 Å². The van der Waals surface area contributed by atoms with Gasteiger partial charge in [-0.05, 0) is 12.8 Å². The molecule has 0 aromatic carbocycles. The summed E-state index contributed by atoms with van der Waals surface area (Å²) in [6.45, 7) is 4.58. The quantitative estimate of drug-likeness (QED) is 0.161. The highest BCUT2D eigenvalue weighted by Gasteiger charge is 1.93. The van der Waals surface area contributed by atoms with Gasteiger partial charge in [-0.25, -0.2) is 0 Å². The van der Waals surface area contributed by atoms with Gasteiger partial charge < -0.3 is 0 Å². The molecule has 0 aliphatic heterocycles. The summed E-state index contributed by atoms with van der Waals surface area (Å²) < 4.78 is 0. The van der Waals surface area contributed by atoms with Crippen molar-refractivity contribution in [1.82, 2.24) is 0 Å². The summed E-state index contributed by atoms with van der Waals surface area (Å²) in [6, 6.07) is 0. The van der Waals surface area contributed by atoms with Gasteiger partial charge >= 0.3 is 0 Å². The highest BCUT2D eigenvalue weighted by molar-refractivity contribution is 4.98. The summed E-state index contributed by atoms with van der Waals surface area (Å²) in [5.74, 6) is 6.77. The molecule has 0 saturated heterocycles. The maximum Gasteiger partial charge on any atom is 0.00886 e. The molecule has 0 heteroatoms. The van der Waals surface area contributed by atoms with Gasteiger partial charge in [-0.3, -0.25) is 0 Å². The zero-order chi connectivity index (χ0) is 18.3. The maximum absolute atomic E-state index is 3.38. The summed E-state index contributed by atoms with van der Waals surface area (Å²) in [4.78, 5) is 0. The van der Waals surface area contributed by atoms with Crippen LogP contribution in [-0.2, 0) is 0 Å². The first-order chi connectivity index (χ1) is 12.4. The summed E-state index contributed by atoms with van der Waals surface area (Å²) in [7, 11) is 0. The average molecular weight is 349 g/mol. The molecule has 0 saturated carbocycles. The van der Waals surface area contributed by atoms with Gasteiger partial charge in [-0.1, -0.05) is 123 Å². The topological polar surface area (TPSA) is 0 Å². The highest BCUT2D eigenvalue weighted by Crippen LogP contribution is 2.12. The molecule has 0 nitrogen and oxygen atoms in total. The number of rotatable bonds is 19. The maximum atomic E-state index is 3.38. The van der Waals surface area contributed by atoms with Crippen molar-refractivity contribution < 1.29 is 0 Å². The van der Waals surface area contributed by atoms with Gasteiger partial charge in [0.1, 0.15) is 0 Å². The van der Waals surface area contributed by atoms with Crippen molar-refractivity contribution in [3.8, 4) is 11.8 Å². The monoisotopic (exact) mass is 348 g/mol. The Morgan fingerprint density at radius 3 is 0.840 bits per heavy atom. The molecule has 0 atom stereocenters. The predicted molar refractivity (Wildman–Crippen MR) is 116 cm³/mol. The molecule has 0 unspecified atom stereocenters. The van der Waals surface area contributed by atoms with Crippen molar-refractivity contribution in [2.45, 2.75) is 149 Å². The molecule has 0 aromatic rings. The molecule has 148 valence electrons. The van der Waals surface area contributed by atoms with Crippen LogP contribution in [0, 0.1) is 11.8 Å². The number of unbranched alkanes of at least 4 members (excludes halogenated alkanes) is 19. The Balaban J connectivity index is 3.07. The van der Waals surface area contributed by atoms with Crippen molar-refractivity contribution in [3.63, 3.8) is 0 Å². The van der Waals surface area contributed by atoms with Crippen molar-refractivity contribution in [2.24, 2.45) is 0 Å². The zero-order valence-corrected chi connectivity index (χ0v) is 17.8. The Labute approximate surface area is 160 Å². The predicted octanol–water partition coefficient (Wildman–Crippen LogP) is 9.22. The first kappa shape index (κ1) is 24.6. The molecule has 0 bridgehead atoms. The molecule has 0 radical (unpaired) electrons. The van der Waals surface area contributed by atoms with E-state index in [0.717, 1.165) is 12.8 Å². The lowest BCUT2D eigenvalue weighted by molar-refractivity contribution is 0.551. The van der Waals surface area contributed by atoms with Gasteiger partial charge in [0.05, 0.1) is 0 Å². The van der Waals surface area contributed by atoms with Crippen LogP contribution in [0.2, 0.25) is 0 Å². The lowest BCUT2D eigenvalue weighted by Gasteiger charge is -2.01. The van der Waals surface area contributed by atoms with Crippen LogP contribution < -0.4 is 0 Å². The van der Waals surface area contributed by atoms with E-state index in [-0.39, 0.29) is 0 Å². The van der Waals surface area contributed by atoms with Gasteiger partial charge in [-0.2, -0.15) is 0 Å². The Morgan fingerprint density at radius 2 is 0.560 bits per heavy atom. The highest BCUT2D eigenvalue weighted by atomic mass is 14.0. The second-order valence-electron chi connectivity index (χ2n) is 7.86. The summed E-state index contributed by atoms with van der Waals surface area (Å²) in [5, 5.41) is 0. The fourth-order valence-electron chi connectivity index (χ4n) is 3.40. The van der Waals surface area contributed by atoms with Gasteiger partial charge in [0, 0.05) is 12.8 Å². The Hall–Kier alpha value is -0.440. The van der Waals surface area contributed by atoms with Crippen LogP contribution in [-0.4, -0.2) is 0 Å². The molecule has 0 aliphatic rings. The first-order valence-electron chi connectivity index (χ1n) is 11.9. The van der Waals surface area contributed by atoms with Crippen molar-refractivity contribution in [1.29, 1.82) is 0 Å². The van der Waals surface area contributed by atoms with Crippen molar-refractivity contribution in [2.75, 3.05) is 0 Å². The molecule has 0 N–H and O–H groups in total. The molecule has 0 heterocycles. The van der Waals surface area contributed by atoms with Crippen LogP contribution in [0.5, 0.6) is 0 Å². The summed E-state index contributed by atoms with van der Waals surface area (Å²) in [5.41, 5.74) is 0. The lowest BCUT2D eigenvalue weighted by atomic mass is 10.1. The van der Waals surface area contributed by atoms with E-state index in [1.807, 2.05) is 0 Å². The van der Waals surface area contributed by atoms with Gasteiger partial charge in [0.2, 0.25) is 0 Å². The molecular weight excluding hydrogens is 300 g/mol. The normalized spacial score (nSPS) is 10.6. The van der Waals surface area contributed by atoms with Gasteiger partial charge in [-0.15, -0.1) is 11.8 Å². The van der Waals surface area contributed by atoms with Crippen molar-refractivity contribution >= 4 is 0 Å². The minimum atomic E-state index is 1.13. The first-order valence-corrected chi connectivity index (χ1v) is 11.9. The van der Waals surface area contributed by atoms with E-state index >= 15 is 0 Å². The number of hydrogen-bond donors (Lipinski definition) is 0. The molecule has 0 aromatic heterocycles. The van der Waals surface area contributed by atoms with Crippen molar-refractivity contribution in [3.05, 3.63) is 0 Å². The van der Waals surface area contributed by atoms with Crippen LogP contribution in [0.15, 0.2) is 0 Å². The Bertz CT molecular complexity index is 280. The minimum Gasteiger partial charge on any atom is -0.103 e. The van der Waals surface area contributed by atoms with Gasteiger partial charge in [0.15, 0.2) is 0 Å². The number of hydrogen-bond acceptors (Lipinski definition) is 0. The average Bonchev–Trinajstić information content (AvgIpc) is 2.63. The van der Waals surface area contributed by atoms with E-state index in [2.05, 4.69) is 25.7 Å².